The summed E-state index contributed by atoms with van der Waals surface area (Å²) >= 11 is 0. The van der Waals surface area contributed by atoms with E-state index in [0.717, 1.165) is 0 Å². The van der Waals surface area contributed by atoms with Gasteiger partial charge >= 0.3 is 0 Å². The minimum Gasteiger partial charge on any atom is -0.372 e. The molecule has 0 saturated heterocycles. The number of hydrogen-bond acceptors (Lipinski definition) is 5. The summed E-state index contributed by atoms with van der Waals surface area (Å²) in [4.78, 5) is 3.74. The third-order valence-corrected chi connectivity index (χ3v) is 0.900. The molecule has 5 nitrogen and oxygen atoms in total. The quantitative estimate of drug-likeness (QED) is 0.577. The highest BCUT2D eigenvalue weighted by molar-refractivity contribution is 4.72. The number of rotatable bonds is 4. The summed E-state index contributed by atoms with van der Waals surface area (Å²) in [6.45, 7) is 1.40. The van der Waals surface area contributed by atoms with Crippen LogP contribution in [0.2, 0.25) is 0 Å². The first-order chi connectivity index (χ1) is 4.93. The van der Waals surface area contributed by atoms with Crippen LogP contribution in [0.4, 0.5) is 0 Å². The van der Waals surface area contributed by atoms with Crippen LogP contribution < -0.4 is 5.73 Å². The molecule has 0 atom stereocenters. The van der Waals surface area contributed by atoms with E-state index in [1.54, 1.807) is 0 Å². The van der Waals surface area contributed by atoms with E-state index in [2.05, 4.69) is 14.7 Å². The van der Waals surface area contributed by atoms with E-state index < -0.39 is 0 Å². The van der Waals surface area contributed by atoms with Crippen LogP contribution in [0.15, 0.2) is 10.9 Å². The maximum atomic E-state index is 5.18. The normalized spacial score (nSPS) is 10.1. The summed E-state index contributed by atoms with van der Waals surface area (Å²) in [5.74, 6) is 0.549. The molecule has 0 radical (unpaired) electrons. The van der Waals surface area contributed by atoms with Crippen LogP contribution in [0.1, 0.15) is 5.82 Å². The van der Waals surface area contributed by atoms with Gasteiger partial charge in [0.25, 0.3) is 0 Å². The molecular formula is C5H9N3O2. The van der Waals surface area contributed by atoms with Gasteiger partial charge in [0, 0.05) is 6.54 Å². The average molecular weight is 143 g/mol. The van der Waals surface area contributed by atoms with Gasteiger partial charge in [0.05, 0.1) is 6.61 Å². The Labute approximate surface area is 58.2 Å². The molecule has 0 saturated carbocycles. The third-order valence-electron chi connectivity index (χ3n) is 0.900. The summed E-state index contributed by atoms with van der Waals surface area (Å²) in [6, 6.07) is 0. The number of nitrogens with two attached hydrogens (primary N) is 1. The number of hydrogen-bond donors (Lipinski definition) is 1. The Morgan fingerprint density at radius 1 is 1.70 bits per heavy atom. The first-order valence-corrected chi connectivity index (χ1v) is 2.96. The Hall–Kier alpha value is -0.940. The molecule has 1 aromatic heterocycles. The monoisotopic (exact) mass is 143 g/mol. The van der Waals surface area contributed by atoms with Crippen LogP contribution in [0.25, 0.3) is 0 Å². The van der Waals surface area contributed by atoms with E-state index in [4.69, 9.17) is 10.5 Å². The molecule has 0 spiro atoms. The van der Waals surface area contributed by atoms with Crippen molar-refractivity contribution in [3.63, 3.8) is 0 Å². The molecule has 0 unspecified atom stereocenters. The summed E-state index contributed by atoms with van der Waals surface area (Å²) in [6.07, 6.45) is 1.27. The second-order valence-corrected chi connectivity index (χ2v) is 1.69. The van der Waals surface area contributed by atoms with Gasteiger partial charge in [-0.3, -0.25) is 0 Å². The van der Waals surface area contributed by atoms with Gasteiger partial charge in [-0.15, -0.1) is 0 Å². The van der Waals surface area contributed by atoms with Crippen molar-refractivity contribution in [2.24, 2.45) is 5.73 Å². The molecule has 0 bridgehead atoms. The Morgan fingerprint density at radius 3 is 3.20 bits per heavy atom. The van der Waals surface area contributed by atoms with Crippen LogP contribution >= 0.6 is 0 Å². The van der Waals surface area contributed by atoms with Crippen molar-refractivity contribution in [2.45, 2.75) is 6.61 Å². The maximum Gasteiger partial charge on any atom is 0.213 e. The van der Waals surface area contributed by atoms with Crippen LogP contribution in [-0.4, -0.2) is 23.3 Å². The Balaban J connectivity index is 2.15. The maximum absolute atomic E-state index is 5.18. The van der Waals surface area contributed by atoms with Crippen LogP contribution in [0.3, 0.4) is 0 Å². The van der Waals surface area contributed by atoms with Crippen molar-refractivity contribution in [3.05, 3.63) is 12.2 Å². The van der Waals surface area contributed by atoms with Crippen LogP contribution in [0.5, 0.6) is 0 Å². The predicted molar refractivity (Wildman–Crippen MR) is 33.0 cm³/mol. The van der Waals surface area contributed by atoms with E-state index in [0.29, 0.717) is 25.6 Å². The summed E-state index contributed by atoms with van der Waals surface area (Å²) < 4.78 is 9.49. The van der Waals surface area contributed by atoms with Gasteiger partial charge in [-0.2, -0.15) is 4.98 Å². The standard InChI is InChI=1S/C5H9N3O2/c6-1-2-9-3-5-7-4-10-8-5/h4H,1-3,6H2. The van der Waals surface area contributed by atoms with Gasteiger partial charge in [0.1, 0.15) is 6.61 Å². The molecule has 1 aromatic rings. The zero-order valence-electron chi connectivity index (χ0n) is 5.49. The number of aromatic nitrogens is 2. The molecule has 0 aromatic carbocycles. The second-order valence-electron chi connectivity index (χ2n) is 1.69. The number of ether oxygens (including phenoxy) is 1. The van der Waals surface area contributed by atoms with Crippen LogP contribution in [0, 0.1) is 0 Å². The largest absolute Gasteiger partial charge is 0.372 e. The molecule has 1 heterocycles. The van der Waals surface area contributed by atoms with E-state index in [1.807, 2.05) is 0 Å². The van der Waals surface area contributed by atoms with E-state index in [-0.39, 0.29) is 0 Å². The molecule has 56 valence electrons. The molecular weight excluding hydrogens is 134 g/mol. The summed E-state index contributed by atoms with van der Waals surface area (Å²) in [5, 5.41) is 3.54. The summed E-state index contributed by atoms with van der Waals surface area (Å²) in [7, 11) is 0. The van der Waals surface area contributed by atoms with Gasteiger partial charge in [0.15, 0.2) is 5.82 Å². The van der Waals surface area contributed by atoms with Crippen LogP contribution in [-0.2, 0) is 11.3 Å². The third kappa shape index (κ3) is 2.12. The minimum absolute atomic E-state index is 0.369. The van der Waals surface area contributed by atoms with Gasteiger partial charge in [-0.05, 0) is 0 Å². The minimum atomic E-state index is 0.369. The van der Waals surface area contributed by atoms with Crippen molar-refractivity contribution in [2.75, 3.05) is 13.2 Å². The first-order valence-electron chi connectivity index (χ1n) is 2.96. The highest BCUT2D eigenvalue weighted by Crippen LogP contribution is 1.89. The van der Waals surface area contributed by atoms with Crippen molar-refractivity contribution in [1.29, 1.82) is 0 Å². The molecule has 0 fully saturated rings. The molecule has 5 heteroatoms. The van der Waals surface area contributed by atoms with Crippen molar-refractivity contribution in [3.8, 4) is 0 Å². The molecule has 0 amide bonds. The predicted octanol–water partition coefficient (Wildman–Crippen LogP) is -0.455. The second kappa shape index (κ2) is 3.97. The highest BCUT2D eigenvalue weighted by Gasteiger charge is 1.95. The lowest BCUT2D eigenvalue weighted by Crippen LogP contribution is -2.08. The molecule has 0 aliphatic heterocycles. The SMILES string of the molecule is NCCOCc1ncon1. The van der Waals surface area contributed by atoms with Gasteiger partial charge in [-0.1, -0.05) is 5.16 Å². The average Bonchev–Trinajstić information content (AvgIpc) is 2.41. The topological polar surface area (TPSA) is 74.2 Å². The number of nitrogens with zero attached hydrogens (tertiary/aromatic N) is 2. The fraction of sp³-hybridized carbons (Fsp3) is 0.600. The van der Waals surface area contributed by atoms with Gasteiger partial charge in [0.2, 0.25) is 6.39 Å². The summed E-state index contributed by atoms with van der Waals surface area (Å²) in [5.41, 5.74) is 5.18. The molecule has 0 aliphatic rings. The zero-order valence-corrected chi connectivity index (χ0v) is 5.49. The lowest BCUT2D eigenvalue weighted by molar-refractivity contribution is 0.120. The van der Waals surface area contributed by atoms with Crippen molar-refractivity contribution < 1.29 is 9.26 Å². The Kier molecular flexibility index (Phi) is 2.85. The lowest BCUT2D eigenvalue weighted by atomic mass is 10.6. The first kappa shape index (κ1) is 7.17. The Morgan fingerprint density at radius 2 is 2.60 bits per heavy atom. The van der Waals surface area contributed by atoms with Gasteiger partial charge in [-0.25, -0.2) is 0 Å². The van der Waals surface area contributed by atoms with Crippen molar-refractivity contribution >= 4 is 0 Å². The molecule has 2 N–H and O–H groups in total. The zero-order chi connectivity index (χ0) is 7.23. The van der Waals surface area contributed by atoms with E-state index in [9.17, 15) is 0 Å². The smallest absolute Gasteiger partial charge is 0.213 e. The highest BCUT2D eigenvalue weighted by atomic mass is 16.5. The lowest BCUT2D eigenvalue weighted by Gasteiger charge is -1.94. The van der Waals surface area contributed by atoms with E-state index >= 15 is 0 Å². The molecule has 0 aliphatic carbocycles. The fourth-order valence-corrected chi connectivity index (χ4v) is 0.503. The van der Waals surface area contributed by atoms with Gasteiger partial charge < -0.3 is 15.0 Å². The molecule has 10 heavy (non-hydrogen) atoms. The fourth-order valence-electron chi connectivity index (χ4n) is 0.503. The van der Waals surface area contributed by atoms with E-state index in [1.165, 1.54) is 6.39 Å². The Bertz CT molecular complexity index is 163. The van der Waals surface area contributed by atoms with Crippen molar-refractivity contribution in [1.82, 2.24) is 10.1 Å². The molecule has 1 rings (SSSR count).